The Morgan fingerprint density at radius 1 is 1.17 bits per heavy atom. The van der Waals surface area contributed by atoms with Gasteiger partial charge >= 0.3 is 0 Å². The van der Waals surface area contributed by atoms with Crippen LogP contribution in [0.2, 0.25) is 10.0 Å². The number of nitrogens with one attached hydrogen (secondary N) is 2. The lowest BCUT2D eigenvalue weighted by atomic mass is 10.1. The van der Waals surface area contributed by atoms with E-state index in [0.29, 0.717) is 15.9 Å². The number of hydrogen-bond acceptors (Lipinski definition) is 3. The van der Waals surface area contributed by atoms with Gasteiger partial charge in [-0.15, -0.1) is 0 Å². The Labute approximate surface area is 118 Å². The van der Waals surface area contributed by atoms with Gasteiger partial charge in [-0.2, -0.15) is 0 Å². The maximum atomic E-state index is 6.15. The van der Waals surface area contributed by atoms with Gasteiger partial charge in [0.05, 0.1) is 10.0 Å². The minimum atomic E-state index is 0.563. The summed E-state index contributed by atoms with van der Waals surface area (Å²) in [7, 11) is 0. The second kappa shape index (κ2) is 6.48. The van der Waals surface area contributed by atoms with E-state index in [4.69, 9.17) is 23.2 Å². The lowest BCUT2D eigenvalue weighted by Crippen LogP contribution is -2.13. The number of anilines is 2. The molecule has 1 aromatic rings. The third-order valence-electron chi connectivity index (χ3n) is 3.31. The highest BCUT2D eigenvalue weighted by molar-refractivity contribution is 6.37. The largest absolute Gasteiger partial charge is 0.369 e. The summed E-state index contributed by atoms with van der Waals surface area (Å²) in [6.07, 6.45) is 5.30. The fraction of sp³-hybridized carbons (Fsp3) is 0.615. The fourth-order valence-electron chi connectivity index (χ4n) is 2.34. The Bertz CT molecular complexity index is 403. The second-order valence-corrected chi connectivity index (χ2v) is 5.53. The lowest BCUT2D eigenvalue weighted by Gasteiger charge is -2.14. The van der Waals surface area contributed by atoms with Crippen molar-refractivity contribution in [3.63, 3.8) is 0 Å². The van der Waals surface area contributed by atoms with Crippen LogP contribution >= 0.6 is 23.2 Å². The van der Waals surface area contributed by atoms with Gasteiger partial charge in [-0.1, -0.05) is 36.0 Å². The molecular weight excluding hydrogens is 269 g/mol. The highest BCUT2D eigenvalue weighted by atomic mass is 35.5. The molecule has 0 spiro atoms. The van der Waals surface area contributed by atoms with Gasteiger partial charge in [0.2, 0.25) is 0 Å². The van der Waals surface area contributed by atoms with E-state index in [9.17, 15) is 0 Å². The molecule has 0 radical (unpaired) electrons. The fourth-order valence-corrected chi connectivity index (χ4v) is 2.83. The van der Waals surface area contributed by atoms with Crippen molar-refractivity contribution in [3.05, 3.63) is 16.1 Å². The average Bonchev–Trinajstić information content (AvgIpc) is 2.84. The van der Waals surface area contributed by atoms with Crippen LogP contribution in [0.5, 0.6) is 0 Å². The van der Waals surface area contributed by atoms with Crippen molar-refractivity contribution >= 4 is 34.8 Å². The molecule has 0 atom stereocenters. The van der Waals surface area contributed by atoms with Crippen LogP contribution < -0.4 is 10.6 Å². The normalized spacial score (nSPS) is 15.9. The molecule has 0 amide bonds. The molecular formula is C13H19Cl2N3. The zero-order valence-electron chi connectivity index (χ0n) is 10.6. The first-order valence-corrected chi connectivity index (χ1v) is 7.30. The first-order valence-electron chi connectivity index (χ1n) is 6.54. The van der Waals surface area contributed by atoms with Crippen LogP contribution in [0.4, 0.5) is 11.6 Å². The summed E-state index contributed by atoms with van der Waals surface area (Å²) in [5.41, 5.74) is 0. The van der Waals surface area contributed by atoms with Crippen LogP contribution in [0.15, 0.2) is 6.07 Å². The number of rotatable bonds is 5. The number of pyridine rings is 1. The highest BCUT2D eigenvalue weighted by Crippen LogP contribution is 2.30. The Balaban J connectivity index is 2.03. The average molecular weight is 288 g/mol. The molecule has 0 bridgehead atoms. The van der Waals surface area contributed by atoms with Crippen LogP contribution in [0.25, 0.3) is 0 Å². The maximum absolute atomic E-state index is 6.15. The molecule has 0 aromatic carbocycles. The van der Waals surface area contributed by atoms with E-state index in [2.05, 4.69) is 15.6 Å². The minimum absolute atomic E-state index is 0.563. The molecule has 1 aromatic heterocycles. The van der Waals surface area contributed by atoms with E-state index in [1.165, 1.54) is 25.7 Å². The van der Waals surface area contributed by atoms with Crippen molar-refractivity contribution in [1.82, 2.24) is 4.98 Å². The first-order chi connectivity index (χ1) is 8.70. The third-order valence-corrected chi connectivity index (χ3v) is 3.88. The highest BCUT2D eigenvalue weighted by Gasteiger charge is 2.16. The van der Waals surface area contributed by atoms with Crippen LogP contribution in [0, 0.1) is 5.92 Å². The SMILES string of the molecule is CCNc1nc(NCC2CCCC2)c(Cl)cc1Cl. The molecule has 1 aliphatic rings. The van der Waals surface area contributed by atoms with Gasteiger partial charge < -0.3 is 10.6 Å². The van der Waals surface area contributed by atoms with Crippen molar-refractivity contribution < 1.29 is 0 Å². The number of hydrogen-bond donors (Lipinski definition) is 2. The molecule has 100 valence electrons. The zero-order chi connectivity index (χ0) is 13.0. The molecule has 1 aliphatic carbocycles. The molecule has 0 aliphatic heterocycles. The predicted molar refractivity (Wildman–Crippen MR) is 78.9 cm³/mol. The Kier molecular flexibility index (Phi) is 4.95. The van der Waals surface area contributed by atoms with Gasteiger partial charge in [0.1, 0.15) is 11.6 Å². The van der Waals surface area contributed by atoms with Gasteiger partial charge in [0, 0.05) is 13.1 Å². The van der Waals surface area contributed by atoms with Gasteiger partial charge in [-0.25, -0.2) is 4.98 Å². The minimum Gasteiger partial charge on any atom is -0.369 e. The molecule has 2 rings (SSSR count). The molecule has 1 fully saturated rings. The van der Waals surface area contributed by atoms with Crippen LogP contribution in [-0.2, 0) is 0 Å². The predicted octanol–water partition coefficient (Wildman–Crippen LogP) is 4.42. The summed E-state index contributed by atoms with van der Waals surface area (Å²) >= 11 is 12.2. The molecule has 1 heterocycles. The van der Waals surface area contributed by atoms with E-state index in [-0.39, 0.29) is 0 Å². The van der Waals surface area contributed by atoms with E-state index in [1.54, 1.807) is 6.07 Å². The molecule has 0 saturated heterocycles. The maximum Gasteiger partial charge on any atom is 0.147 e. The van der Waals surface area contributed by atoms with E-state index >= 15 is 0 Å². The molecule has 18 heavy (non-hydrogen) atoms. The summed E-state index contributed by atoms with van der Waals surface area (Å²) in [4.78, 5) is 4.44. The third kappa shape index (κ3) is 3.42. The quantitative estimate of drug-likeness (QED) is 0.842. The van der Waals surface area contributed by atoms with Gasteiger partial charge in [-0.3, -0.25) is 0 Å². The molecule has 0 unspecified atom stereocenters. The summed E-state index contributed by atoms with van der Waals surface area (Å²) in [5.74, 6) is 2.17. The Morgan fingerprint density at radius 2 is 1.78 bits per heavy atom. The lowest BCUT2D eigenvalue weighted by molar-refractivity contribution is 0.579. The summed E-state index contributed by atoms with van der Waals surface area (Å²) < 4.78 is 0. The summed E-state index contributed by atoms with van der Waals surface area (Å²) in [5, 5.41) is 7.62. The van der Waals surface area contributed by atoms with Gasteiger partial charge in [-0.05, 0) is 31.7 Å². The first kappa shape index (κ1) is 13.8. The van der Waals surface area contributed by atoms with Crippen molar-refractivity contribution in [2.75, 3.05) is 23.7 Å². The molecule has 2 N–H and O–H groups in total. The summed E-state index contributed by atoms with van der Waals surface area (Å²) in [6.45, 7) is 3.74. The number of halogens is 2. The van der Waals surface area contributed by atoms with E-state index in [0.717, 1.165) is 24.8 Å². The Hall–Kier alpha value is -0.670. The Morgan fingerprint density at radius 3 is 2.39 bits per heavy atom. The monoisotopic (exact) mass is 287 g/mol. The van der Waals surface area contributed by atoms with Gasteiger partial charge in [0.25, 0.3) is 0 Å². The topological polar surface area (TPSA) is 37.0 Å². The molecule has 5 heteroatoms. The summed E-state index contributed by atoms with van der Waals surface area (Å²) in [6, 6.07) is 1.74. The van der Waals surface area contributed by atoms with Crippen LogP contribution in [0.1, 0.15) is 32.6 Å². The van der Waals surface area contributed by atoms with E-state index in [1.807, 2.05) is 6.92 Å². The smallest absolute Gasteiger partial charge is 0.147 e. The second-order valence-electron chi connectivity index (χ2n) is 4.71. The van der Waals surface area contributed by atoms with Gasteiger partial charge in [0.15, 0.2) is 0 Å². The van der Waals surface area contributed by atoms with Crippen molar-refractivity contribution in [1.29, 1.82) is 0 Å². The van der Waals surface area contributed by atoms with Crippen molar-refractivity contribution in [3.8, 4) is 0 Å². The van der Waals surface area contributed by atoms with Crippen molar-refractivity contribution in [2.24, 2.45) is 5.92 Å². The number of nitrogens with zero attached hydrogens (tertiary/aromatic N) is 1. The van der Waals surface area contributed by atoms with Crippen molar-refractivity contribution in [2.45, 2.75) is 32.6 Å². The molecule has 3 nitrogen and oxygen atoms in total. The van der Waals surface area contributed by atoms with Crippen LogP contribution in [0.3, 0.4) is 0 Å². The van der Waals surface area contributed by atoms with Crippen LogP contribution in [-0.4, -0.2) is 18.1 Å². The molecule has 1 saturated carbocycles. The van der Waals surface area contributed by atoms with E-state index < -0.39 is 0 Å². The zero-order valence-corrected chi connectivity index (χ0v) is 12.1. The standard InChI is InChI=1S/C13H19Cl2N3/c1-2-16-12-10(14)7-11(15)13(18-12)17-8-9-5-3-4-6-9/h7,9H,2-6,8H2,1H3,(H2,16,17,18). The number of aromatic nitrogens is 1.